The Hall–Kier alpha value is -2.96. The topological polar surface area (TPSA) is 75.5 Å². The number of nitrogens with zero attached hydrogens (tertiary/aromatic N) is 4. The predicted molar refractivity (Wildman–Crippen MR) is 104 cm³/mol. The minimum atomic E-state index is -0.594. The lowest BCUT2D eigenvalue weighted by Gasteiger charge is -2.46. The van der Waals surface area contributed by atoms with E-state index >= 15 is 0 Å². The molecule has 0 spiro atoms. The molecule has 4 heterocycles. The Morgan fingerprint density at radius 3 is 2.75 bits per heavy atom. The third kappa shape index (κ3) is 3.21. The maximum Gasteiger partial charge on any atom is 0.251 e. The van der Waals surface area contributed by atoms with Gasteiger partial charge in [0.05, 0.1) is 0 Å². The molecule has 4 rings (SSSR count). The molecule has 2 aliphatic rings. The van der Waals surface area contributed by atoms with Gasteiger partial charge in [-0.1, -0.05) is 12.1 Å². The molecule has 2 amide bonds. The zero-order chi connectivity index (χ0) is 19.8. The molecule has 1 fully saturated rings. The van der Waals surface area contributed by atoms with Gasteiger partial charge in [0.2, 0.25) is 11.8 Å². The summed E-state index contributed by atoms with van der Waals surface area (Å²) >= 11 is 0. The van der Waals surface area contributed by atoms with E-state index in [1.54, 1.807) is 46.8 Å². The van der Waals surface area contributed by atoms with Crippen LogP contribution in [0.3, 0.4) is 0 Å². The van der Waals surface area contributed by atoms with Crippen molar-refractivity contribution in [1.82, 2.24) is 19.4 Å². The zero-order valence-electron chi connectivity index (χ0n) is 16.1. The monoisotopic (exact) mass is 380 g/mol. The van der Waals surface area contributed by atoms with E-state index in [1.807, 2.05) is 18.2 Å². The number of pyridine rings is 2. The summed E-state index contributed by atoms with van der Waals surface area (Å²) in [5, 5.41) is 0. The van der Waals surface area contributed by atoms with Gasteiger partial charge in [-0.05, 0) is 24.1 Å². The summed E-state index contributed by atoms with van der Waals surface area (Å²) in [6.07, 6.45) is 4.24. The Balaban J connectivity index is 1.70. The normalized spacial score (nSPS) is 23.1. The van der Waals surface area contributed by atoms with Crippen molar-refractivity contribution in [2.24, 2.45) is 5.92 Å². The maximum atomic E-state index is 13.4. The first-order chi connectivity index (χ1) is 13.5. The number of aromatic nitrogens is 2. The van der Waals surface area contributed by atoms with Gasteiger partial charge in [0.15, 0.2) is 0 Å². The van der Waals surface area contributed by atoms with E-state index in [9.17, 15) is 14.4 Å². The number of piperidine rings is 1. The molecular formula is C21H24N4O3. The van der Waals surface area contributed by atoms with Crippen LogP contribution in [-0.2, 0) is 16.1 Å². The fourth-order valence-electron chi connectivity index (χ4n) is 4.58. The van der Waals surface area contributed by atoms with E-state index in [2.05, 4.69) is 4.98 Å². The predicted octanol–water partition coefficient (Wildman–Crippen LogP) is 1.41. The van der Waals surface area contributed by atoms with Gasteiger partial charge in [0, 0.05) is 69.6 Å². The highest BCUT2D eigenvalue weighted by molar-refractivity contribution is 5.81. The van der Waals surface area contributed by atoms with Crippen molar-refractivity contribution in [3.63, 3.8) is 0 Å². The average molecular weight is 380 g/mol. The fourth-order valence-corrected chi connectivity index (χ4v) is 4.58. The summed E-state index contributed by atoms with van der Waals surface area (Å²) < 4.78 is 1.67. The number of hydrogen-bond acceptors (Lipinski definition) is 4. The van der Waals surface area contributed by atoms with Crippen LogP contribution >= 0.6 is 0 Å². The van der Waals surface area contributed by atoms with E-state index in [0.29, 0.717) is 19.6 Å². The van der Waals surface area contributed by atoms with Crippen molar-refractivity contribution in [1.29, 1.82) is 0 Å². The third-order valence-electron chi connectivity index (χ3n) is 5.86. The second-order valence-corrected chi connectivity index (χ2v) is 7.78. The first-order valence-electron chi connectivity index (χ1n) is 9.56. The van der Waals surface area contributed by atoms with Gasteiger partial charge in [0.1, 0.15) is 6.04 Å². The number of carbonyl (C=O) groups is 2. The van der Waals surface area contributed by atoms with Crippen LogP contribution in [0.1, 0.15) is 36.6 Å². The second kappa shape index (κ2) is 7.22. The summed E-state index contributed by atoms with van der Waals surface area (Å²) in [6, 6.07) is 8.32. The molecule has 0 radical (unpaired) electrons. The molecule has 2 aliphatic heterocycles. The summed E-state index contributed by atoms with van der Waals surface area (Å²) in [5.41, 5.74) is 1.63. The van der Waals surface area contributed by atoms with Crippen LogP contribution in [0.25, 0.3) is 0 Å². The van der Waals surface area contributed by atoms with Crippen LogP contribution in [0.2, 0.25) is 0 Å². The molecule has 0 N–H and O–H groups in total. The Bertz CT molecular complexity index is 956. The molecule has 2 aromatic rings. The van der Waals surface area contributed by atoms with E-state index in [1.165, 1.54) is 6.07 Å². The standard InChI is InChI=1S/C21H24N4O3/c1-14(26)24-12-16-9-17(13-24)20(25-18(16)6-3-7-19(25)27)21(28)23(2)11-15-5-4-8-22-10-15/h3-8,10,16-17,20H,9,11-13H2,1-2H3/t16-,17+,20-/m1/s1. The van der Waals surface area contributed by atoms with Crippen LogP contribution in [0.4, 0.5) is 0 Å². The minimum absolute atomic E-state index is 0.0105. The van der Waals surface area contributed by atoms with E-state index in [0.717, 1.165) is 17.7 Å². The van der Waals surface area contributed by atoms with Gasteiger partial charge >= 0.3 is 0 Å². The highest BCUT2D eigenvalue weighted by atomic mass is 16.2. The van der Waals surface area contributed by atoms with Gasteiger partial charge in [0.25, 0.3) is 5.56 Å². The molecule has 146 valence electrons. The molecule has 0 aliphatic carbocycles. The van der Waals surface area contributed by atoms with Crippen LogP contribution in [0.5, 0.6) is 0 Å². The molecule has 7 nitrogen and oxygen atoms in total. The number of likely N-dealkylation sites (tertiary alicyclic amines) is 1. The summed E-state index contributed by atoms with van der Waals surface area (Å²) in [4.78, 5) is 45.7. The first kappa shape index (κ1) is 18.4. The number of fused-ring (bicyclic) bond motifs is 4. The maximum absolute atomic E-state index is 13.4. The molecule has 0 unspecified atom stereocenters. The molecular weight excluding hydrogens is 356 g/mol. The summed E-state index contributed by atoms with van der Waals surface area (Å²) in [7, 11) is 1.75. The van der Waals surface area contributed by atoms with Gasteiger partial charge < -0.3 is 9.80 Å². The summed E-state index contributed by atoms with van der Waals surface area (Å²) in [6.45, 7) is 3.09. The van der Waals surface area contributed by atoms with Crippen molar-refractivity contribution < 1.29 is 9.59 Å². The number of carbonyl (C=O) groups excluding carboxylic acids is 2. The van der Waals surface area contributed by atoms with E-state index < -0.39 is 6.04 Å². The smallest absolute Gasteiger partial charge is 0.251 e. The molecule has 3 atom stereocenters. The summed E-state index contributed by atoms with van der Waals surface area (Å²) in [5.74, 6) is -0.0769. The van der Waals surface area contributed by atoms with Crippen molar-refractivity contribution in [3.05, 3.63) is 64.3 Å². The molecule has 1 saturated heterocycles. The van der Waals surface area contributed by atoms with Crippen molar-refractivity contribution in [3.8, 4) is 0 Å². The lowest BCUT2D eigenvalue weighted by Crippen LogP contribution is -2.54. The van der Waals surface area contributed by atoms with Gasteiger partial charge in [-0.15, -0.1) is 0 Å². The van der Waals surface area contributed by atoms with E-state index in [-0.39, 0.29) is 29.2 Å². The molecule has 2 bridgehead atoms. The quantitative estimate of drug-likeness (QED) is 0.807. The van der Waals surface area contributed by atoms with Crippen LogP contribution in [-0.4, -0.2) is 51.3 Å². The van der Waals surface area contributed by atoms with Crippen LogP contribution < -0.4 is 5.56 Å². The molecule has 0 aromatic carbocycles. The van der Waals surface area contributed by atoms with Gasteiger partial charge in [-0.3, -0.25) is 23.9 Å². The zero-order valence-corrected chi connectivity index (χ0v) is 16.1. The first-order valence-corrected chi connectivity index (χ1v) is 9.56. The largest absolute Gasteiger partial charge is 0.342 e. The number of rotatable bonds is 3. The second-order valence-electron chi connectivity index (χ2n) is 7.78. The van der Waals surface area contributed by atoms with E-state index in [4.69, 9.17) is 0 Å². The Labute approximate surface area is 163 Å². The lowest BCUT2D eigenvalue weighted by atomic mass is 9.78. The molecule has 0 saturated carbocycles. The van der Waals surface area contributed by atoms with Gasteiger partial charge in [-0.2, -0.15) is 0 Å². The van der Waals surface area contributed by atoms with Crippen molar-refractivity contribution in [2.45, 2.75) is 31.8 Å². The highest BCUT2D eigenvalue weighted by Crippen LogP contribution is 2.41. The lowest BCUT2D eigenvalue weighted by molar-refractivity contribution is -0.141. The van der Waals surface area contributed by atoms with Crippen molar-refractivity contribution in [2.75, 3.05) is 20.1 Å². The Morgan fingerprint density at radius 2 is 2.04 bits per heavy atom. The third-order valence-corrected chi connectivity index (χ3v) is 5.86. The van der Waals surface area contributed by atoms with Crippen LogP contribution in [0.15, 0.2) is 47.5 Å². The van der Waals surface area contributed by atoms with Crippen molar-refractivity contribution >= 4 is 11.8 Å². The fraction of sp³-hybridized carbons (Fsp3) is 0.429. The molecule has 2 aromatic heterocycles. The molecule has 7 heteroatoms. The Kier molecular flexibility index (Phi) is 4.75. The van der Waals surface area contributed by atoms with Gasteiger partial charge in [-0.25, -0.2) is 0 Å². The highest BCUT2D eigenvalue weighted by Gasteiger charge is 2.45. The Morgan fingerprint density at radius 1 is 1.21 bits per heavy atom. The molecule has 28 heavy (non-hydrogen) atoms. The SMILES string of the molecule is CC(=O)N1C[C@H]2C[C@@H](C1)[C@H](C(=O)N(C)Cc1cccnc1)n1c2cccc1=O. The average Bonchev–Trinajstić information content (AvgIpc) is 2.69. The number of amides is 2. The number of likely N-dealkylation sites (N-methyl/N-ethyl adjacent to an activating group) is 1. The number of hydrogen-bond donors (Lipinski definition) is 0. The van der Waals surface area contributed by atoms with Crippen LogP contribution in [0, 0.1) is 5.92 Å². The minimum Gasteiger partial charge on any atom is -0.342 e.